The number of nitrogen functional groups attached to an aromatic ring is 1. The fourth-order valence-electron chi connectivity index (χ4n) is 2.24. The summed E-state index contributed by atoms with van der Waals surface area (Å²) in [6.07, 6.45) is 2.54. The van der Waals surface area contributed by atoms with Gasteiger partial charge in [0.15, 0.2) is 0 Å². The molecule has 1 saturated heterocycles. The first-order valence-electron chi connectivity index (χ1n) is 6.67. The van der Waals surface area contributed by atoms with E-state index in [1.165, 1.54) is 12.8 Å². The molecule has 0 bridgehead atoms. The van der Waals surface area contributed by atoms with Crippen LogP contribution in [0.15, 0.2) is 18.2 Å². The van der Waals surface area contributed by atoms with Crippen LogP contribution < -0.4 is 15.8 Å². The van der Waals surface area contributed by atoms with Crippen molar-refractivity contribution in [2.75, 3.05) is 39.0 Å². The molecule has 2 rings (SSSR count). The molecule has 5 nitrogen and oxygen atoms in total. The zero-order valence-electron chi connectivity index (χ0n) is 11.3. The Morgan fingerprint density at radius 1 is 1.42 bits per heavy atom. The second kappa shape index (κ2) is 6.43. The number of nitrogens with one attached hydrogen (secondary N) is 1. The van der Waals surface area contributed by atoms with Crippen LogP contribution in [0.25, 0.3) is 0 Å². The molecule has 1 aliphatic heterocycles. The fraction of sp³-hybridized carbons (Fsp3) is 0.500. The minimum absolute atomic E-state index is 0.135. The highest BCUT2D eigenvalue weighted by Gasteiger charge is 2.12. The number of anilines is 1. The first kappa shape index (κ1) is 13.7. The van der Waals surface area contributed by atoms with E-state index in [4.69, 9.17) is 10.5 Å². The lowest BCUT2D eigenvalue weighted by atomic mass is 10.2. The van der Waals surface area contributed by atoms with Crippen molar-refractivity contribution >= 4 is 11.6 Å². The van der Waals surface area contributed by atoms with E-state index in [9.17, 15) is 4.79 Å². The molecule has 1 aromatic carbocycles. The Labute approximate surface area is 113 Å². The fourth-order valence-corrected chi connectivity index (χ4v) is 2.24. The number of carbonyl (C=O) groups excluding carboxylic acids is 1. The monoisotopic (exact) mass is 263 g/mol. The van der Waals surface area contributed by atoms with E-state index in [0.717, 1.165) is 19.6 Å². The lowest BCUT2D eigenvalue weighted by Gasteiger charge is -2.16. The van der Waals surface area contributed by atoms with Gasteiger partial charge in [-0.3, -0.25) is 9.69 Å². The number of rotatable bonds is 5. The predicted molar refractivity (Wildman–Crippen MR) is 75.4 cm³/mol. The molecular formula is C14H21N3O2. The van der Waals surface area contributed by atoms with E-state index >= 15 is 0 Å². The van der Waals surface area contributed by atoms with Gasteiger partial charge >= 0.3 is 0 Å². The zero-order chi connectivity index (χ0) is 13.7. The van der Waals surface area contributed by atoms with Crippen LogP contribution in [0.2, 0.25) is 0 Å². The Kier molecular flexibility index (Phi) is 4.63. The van der Waals surface area contributed by atoms with Crippen molar-refractivity contribution in [2.24, 2.45) is 0 Å². The summed E-state index contributed by atoms with van der Waals surface area (Å²) in [4.78, 5) is 13.9. The molecule has 19 heavy (non-hydrogen) atoms. The maximum Gasteiger partial charge on any atom is 0.251 e. The van der Waals surface area contributed by atoms with E-state index in [1.54, 1.807) is 25.2 Å². The Bertz CT molecular complexity index is 442. The van der Waals surface area contributed by atoms with Crippen LogP contribution in [0, 0.1) is 0 Å². The van der Waals surface area contributed by atoms with E-state index in [2.05, 4.69) is 10.2 Å². The highest BCUT2D eigenvalue weighted by molar-refractivity contribution is 5.95. The molecule has 0 aromatic heterocycles. The summed E-state index contributed by atoms with van der Waals surface area (Å²) in [5.41, 5.74) is 6.98. The molecule has 104 valence electrons. The third-order valence-corrected chi connectivity index (χ3v) is 3.37. The number of hydrogen-bond donors (Lipinski definition) is 2. The number of benzene rings is 1. The molecule has 1 aromatic rings. The van der Waals surface area contributed by atoms with E-state index < -0.39 is 0 Å². The van der Waals surface area contributed by atoms with Crippen LogP contribution in [0.1, 0.15) is 23.2 Å². The Morgan fingerprint density at radius 3 is 2.84 bits per heavy atom. The average molecular weight is 263 g/mol. The molecular weight excluding hydrogens is 242 g/mol. The molecule has 0 unspecified atom stereocenters. The second-order valence-electron chi connectivity index (χ2n) is 4.73. The largest absolute Gasteiger partial charge is 0.490 e. The topological polar surface area (TPSA) is 67.6 Å². The van der Waals surface area contributed by atoms with Crippen LogP contribution in [0.5, 0.6) is 5.75 Å². The maximum absolute atomic E-state index is 11.5. The third kappa shape index (κ3) is 3.61. The normalized spacial score (nSPS) is 15.4. The number of nitrogens with two attached hydrogens (primary N) is 1. The SMILES string of the molecule is CNC(=O)c1ccc(N)c(OCCN2CCCC2)c1. The van der Waals surface area contributed by atoms with Gasteiger partial charge in [-0.1, -0.05) is 0 Å². The van der Waals surface area contributed by atoms with Gasteiger partial charge in [0.05, 0.1) is 5.69 Å². The highest BCUT2D eigenvalue weighted by atomic mass is 16.5. The zero-order valence-corrected chi connectivity index (χ0v) is 11.3. The summed E-state index contributed by atoms with van der Waals surface area (Å²) in [5, 5.41) is 2.59. The number of amides is 1. The van der Waals surface area contributed by atoms with Gasteiger partial charge in [-0.25, -0.2) is 0 Å². The van der Waals surface area contributed by atoms with E-state index in [0.29, 0.717) is 23.6 Å². The van der Waals surface area contributed by atoms with Crippen LogP contribution >= 0.6 is 0 Å². The summed E-state index contributed by atoms with van der Waals surface area (Å²) in [6, 6.07) is 5.09. The van der Waals surface area contributed by atoms with Gasteiger partial charge in [-0.15, -0.1) is 0 Å². The van der Waals surface area contributed by atoms with Gasteiger partial charge in [0, 0.05) is 19.2 Å². The van der Waals surface area contributed by atoms with Gasteiger partial charge in [-0.05, 0) is 44.1 Å². The van der Waals surface area contributed by atoms with Crippen molar-refractivity contribution in [2.45, 2.75) is 12.8 Å². The molecule has 3 N–H and O–H groups in total. The smallest absolute Gasteiger partial charge is 0.251 e. The lowest BCUT2D eigenvalue weighted by molar-refractivity contribution is 0.0962. The second-order valence-corrected chi connectivity index (χ2v) is 4.73. The molecule has 1 heterocycles. The van der Waals surface area contributed by atoms with Crippen molar-refractivity contribution in [3.05, 3.63) is 23.8 Å². The van der Waals surface area contributed by atoms with E-state index in [-0.39, 0.29) is 5.91 Å². The molecule has 0 radical (unpaired) electrons. The van der Waals surface area contributed by atoms with Crippen LogP contribution in [-0.2, 0) is 0 Å². The van der Waals surface area contributed by atoms with Crippen molar-refractivity contribution in [3.8, 4) is 5.75 Å². The summed E-state index contributed by atoms with van der Waals surface area (Å²) in [7, 11) is 1.60. The molecule has 0 spiro atoms. The van der Waals surface area contributed by atoms with Gasteiger partial charge in [0.25, 0.3) is 5.91 Å². The van der Waals surface area contributed by atoms with Crippen molar-refractivity contribution in [1.82, 2.24) is 10.2 Å². The summed E-state index contributed by atoms with van der Waals surface area (Å²) in [6.45, 7) is 3.80. The van der Waals surface area contributed by atoms with Crippen LogP contribution in [0.4, 0.5) is 5.69 Å². The number of carbonyl (C=O) groups is 1. The van der Waals surface area contributed by atoms with Gasteiger partial charge < -0.3 is 15.8 Å². The Balaban J connectivity index is 1.92. The third-order valence-electron chi connectivity index (χ3n) is 3.37. The molecule has 1 fully saturated rings. The van der Waals surface area contributed by atoms with E-state index in [1.807, 2.05) is 0 Å². The maximum atomic E-state index is 11.5. The number of nitrogens with zero attached hydrogens (tertiary/aromatic N) is 1. The molecule has 0 atom stereocenters. The summed E-state index contributed by atoms with van der Waals surface area (Å²) >= 11 is 0. The van der Waals surface area contributed by atoms with Crippen molar-refractivity contribution < 1.29 is 9.53 Å². The van der Waals surface area contributed by atoms with Gasteiger partial charge in [0.2, 0.25) is 0 Å². The Hall–Kier alpha value is -1.75. The van der Waals surface area contributed by atoms with Crippen LogP contribution in [-0.4, -0.2) is 44.1 Å². The average Bonchev–Trinajstić information content (AvgIpc) is 2.93. The predicted octanol–water partition coefficient (Wildman–Crippen LogP) is 1.10. The summed E-state index contributed by atoms with van der Waals surface area (Å²) in [5.74, 6) is 0.449. The van der Waals surface area contributed by atoms with Crippen molar-refractivity contribution in [1.29, 1.82) is 0 Å². The van der Waals surface area contributed by atoms with Gasteiger partial charge in [-0.2, -0.15) is 0 Å². The first-order chi connectivity index (χ1) is 9.20. The molecule has 1 aliphatic rings. The van der Waals surface area contributed by atoms with Crippen LogP contribution in [0.3, 0.4) is 0 Å². The first-order valence-corrected chi connectivity index (χ1v) is 6.67. The quantitative estimate of drug-likeness (QED) is 0.781. The summed E-state index contributed by atoms with van der Waals surface area (Å²) < 4.78 is 5.69. The lowest BCUT2D eigenvalue weighted by Crippen LogP contribution is -2.25. The number of likely N-dealkylation sites (tertiary alicyclic amines) is 1. The highest BCUT2D eigenvalue weighted by Crippen LogP contribution is 2.22. The standard InChI is InChI=1S/C14H21N3O2/c1-16-14(18)11-4-5-12(15)13(10-11)19-9-8-17-6-2-3-7-17/h4-5,10H,2-3,6-9,15H2,1H3,(H,16,18). The molecule has 0 saturated carbocycles. The Morgan fingerprint density at radius 2 is 2.16 bits per heavy atom. The van der Waals surface area contributed by atoms with Crippen molar-refractivity contribution in [3.63, 3.8) is 0 Å². The minimum Gasteiger partial charge on any atom is -0.490 e. The molecule has 0 aliphatic carbocycles. The molecule has 5 heteroatoms. The molecule has 1 amide bonds. The number of ether oxygens (including phenoxy) is 1. The minimum atomic E-state index is -0.135. The van der Waals surface area contributed by atoms with Gasteiger partial charge in [0.1, 0.15) is 12.4 Å². The number of hydrogen-bond acceptors (Lipinski definition) is 4.